The maximum atomic E-state index is 12.7. The minimum Gasteiger partial charge on any atom is -0.458 e. The van der Waals surface area contributed by atoms with Crippen molar-refractivity contribution < 1.29 is 44.0 Å². The molecule has 0 aromatic heterocycles. The van der Waals surface area contributed by atoms with Crippen molar-refractivity contribution in [2.45, 2.75) is 122 Å². The highest BCUT2D eigenvalue weighted by Crippen LogP contribution is 2.36. The standard InChI is InChI=1S/C38H58N2O10/c1-3-39(37(44)21-13-7-15-27-48-2)36(43)20-12-5-4-11-19-32-33(35(42)29-34(32)41)26-25-31(24-23-30-17-9-6-10-18-30)50-38(45)22-14-8-16-28-49-40(46)47/h4,6,9-11,17-18,25-26,31-35,41-42H,3,5,7-8,12-16,19-24,27-29H2,1-2H3/b11-4-,26-25+/t31-,32+,33+,34-,35+/m0/s1. The summed E-state index contributed by atoms with van der Waals surface area (Å²) in [5, 5.41) is 31.0. The molecule has 50 heavy (non-hydrogen) atoms. The molecule has 0 heterocycles. The molecule has 0 unspecified atom stereocenters. The third-order valence-electron chi connectivity index (χ3n) is 9.02. The number of carbonyl (C=O) groups excluding carboxylic acids is 3. The van der Waals surface area contributed by atoms with Crippen LogP contribution in [0.3, 0.4) is 0 Å². The van der Waals surface area contributed by atoms with Gasteiger partial charge in [-0.2, -0.15) is 0 Å². The summed E-state index contributed by atoms with van der Waals surface area (Å²) in [5.41, 5.74) is 1.11. The van der Waals surface area contributed by atoms with E-state index >= 15 is 0 Å². The Morgan fingerprint density at radius 2 is 1.62 bits per heavy atom. The Kier molecular flexibility index (Phi) is 21.6. The van der Waals surface area contributed by atoms with Gasteiger partial charge < -0.3 is 24.5 Å². The van der Waals surface area contributed by atoms with Gasteiger partial charge in [0.15, 0.2) is 0 Å². The van der Waals surface area contributed by atoms with Crippen LogP contribution in [0.1, 0.15) is 102 Å². The van der Waals surface area contributed by atoms with Crippen LogP contribution in [0.2, 0.25) is 0 Å². The van der Waals surface area contributed by atoms with Gasteiger partial charge in [-0.3, -0.25) is 19.3 Å². The number of hydrogen-bond donors (Lipinski definition) is 2. The van der Waals surface area contributed by atoms with Crippen molar-refractivity contribution in [3.63, 3.8) is 0 Å². The number of nitrogens with zero attached hydrogens (tertiary/aromatic N) is 2. The molecule has 0 saturated heterocycles. The Morgan fingerprint density at radius 3 is 2.30 bits per heavy atom. The van der Waals surface area contributed by atoms with Gasteiger partial charge in [-0.25, -0.2) is 0 Å². The highest BCUT2D eigenvalue weighted by molar-refractivity contribution is 5.95. The number of benzene rings is 1. The molecule has 2 amide bonds. The number of amides is 2. The minimum absolute atomic E-state index is 0.00740. The third-order valence-corrected chi connectivity index (χ3v) is 9.02. The fraction of sp³-hybridized carbons (Fsp3) is 0.658. The van der Waals surface area contributed by atoms with Crippen LogP contribution in [-0.2, 0) is 35.1 Å². The van der Waals surface area contributed by atoms with E-state index < -0.39 is 23.4 Å². The number of aliphatic hydroxyl groups excluding tert-OH is 2. The first-order valence-electron chi connectivity index (χ1n) is 18.2. The number of aryl methyl sites for hydroxylation is 1. The molecule has 0 aliphatic heterocycles. The van der Waals surface area contributed by atoms with Crippen LogP contribution in [0.25, 0.3) is 0 Å². The van der Waals surface area contributed by atoms with Gasteiger partial charge in [0, 0.05) is 51.9 Å². The van der Waals surface area contributed by atoms with Crippen molar-refractivity contribution in [1.29, 1.82) is 0 Å². The van der Waals surface area contributed by atoms with Gasteiger partial charge in [-0.1, -0.05) is 61.4 Å². The highest BCUT2D eigenvalue weighted by atomic mass is 16.9. The second-order valence-electron chi connectivity index (χ2n) is 12.9. The molecule has 0 spiro atoms. The van der Waals surface area contributed by atoms with Gasteiger partial charge in [0.05, 0.1) is 18.8 Å². The molecule has 1 aliphatic rings. The summed E-state index contributed by atoms with van der Waals surface area (Å²) in [4.78, 5) is 53.8. The van der Waals surface area contributed by atoms with Gasteiger partial charge in [0.25, 0.3) is 5.09 Å². The number of hydrogen-bond acceptors (Lipinski definition) is 10. The van der Waals surface area contributed by atoms with E-state index in [1.807, 2.05) is 61.6 Å². The number of methoxy groups -OCH3 is 1. The normalized spacial score (nSPS) is 19.5. The molecule has 280 valence electrons. The van der Waals surface area contributed by atoms with Gasteiger partial charge in [0.2, 0.25) is 11.8 Å². The van der Waals surface area contributed by atoms with Crippen LogP contribution in [-0.4, -0.2) is 83.2 Å². The van der Waals surface area contributed by atoms with Crippen molar-refractivity contribution in [3.8, 4) is 0 Å². The Hall–Kier alpha value is -3.61. The van der Waals surface area contributed by atoms with Gasteiger partial charge in [-0.15, -0.1) is 10.1 Å². The van der Waals surface area contributed by atoms with Crippen molar-refractivity contribution >= 4 is 17.8 Å². The number of unbranched alkanes of at least 4 members (excludes halogenated alkanes) is 5. The van der Waals surface area contributed by atoms with Crippen LogP contribution in [0.5, 0.6) is 0 Å². The van der Waals surface area contributed by atoms with E-state index in [1.165, 1.54) is 4.90 Å². The summed E-state index contributed by atoms with van der Waals surface area (Å²) in [6.45, 7) is 2.83. The predicted octanol–water partition coefficient (Wildman–Crippen LogP) is 5.91. The van der Waals surface area contributed by atoms with E-state index in [2.05, 4.69) is 4.84 Å². The van der Waals surface area contributed by atoms with Crippen LogP contribution in [0.4, 0.5) is 0 Å². The van der Waals surface area contributed by atoms with Crippen molar-refractivity contribution in [1.82, 2.24) is 4.90 Å². The molecule has 1 aromatic rings. The summed E-state index contributed by atoms with van der Waals surface area (Å²) in [6, 6.07) is 9.87. The minimum atomic E-state index is -0.829. The molecule has 1 fully saturated rings. The monoisotopic (exact) mass is 702 g/mol. The Bertz CT molecular complexity index is 1190. The molecule has 0 radical (unpaired) electrons. The third kappa shape index (κ3) is 17.4. The lowest BCUT2D eigenvalue weighted by Crippen LogP contribution is -2.36. The first kappa shape index (κ1) is 42.6. The number of allylic oxidation sites excluding steroid dienone is 2. The number of rotatable bonds is 26. The van der Waals surface area contributed by atoms with E-state index in [0.717, 1.165) is 24.8 Å². The Morgan fingerprint density at radius 1 is 0.940 bits per heavy atom. The summed E-state index contributed by atoms with van der Waals surface area (Å²) >= 11 is 0. The van der Waals surface area contributed by atoms with E-state index in [-0.39, 0.29) is 55.5 Å². The molecular formula is C38H58N2O10. The van der Waals surface area contributed by atoms with Crippen LogP contribution >= 0.6 is 0 Å². The number of aliphatic hydroxyl groups is 2. The molecular weight excluding hydrogens is 644 g/mol. The van der Waals surface area contributed by atoms with E-state index in [9.17, 15) is 34.7 Å². The zero-order valence-electron chi connectivity index (χ0n) is 29.9. The van der Waals surface area contributed by atoms with Gasteiger partial charge in [0.1, 0.15) is 6.10 Å². The Labute approximate surface area is 297 Å². The first-order chi connectivity index (χ1) is 24.2. The van der Waals surface area contributed by atoms with Crippen molar-refractivity contribution in [2.75, 3.05) is 26.9 Å². The van der Waals surface area contributed by atoms with E-state index in [4.69, 9.17) is 9.47 Å². The van der Waals surface area contributed by atoms with Crippen LogP contribution in [0, 0.1) is 22.0 Å². The SMILES string of the molecule is CCN(C(=O)CCC/C=C\C[C@@H]1[C@@H](/C=C/[C@H](CCc2ccccc2)OC(=O)CCCCCO[N+](=O)[O-])[C@H](O)C[C@@H]1O)C(=O)CCCCCOC. The van der Waals surface area contributed by atoms with Crippen molar-refractivity contribution in [2.24, 2.45) is 11.8 Å². The zero-order valence-corrected chi connectivity index (χ0v) is 29.9. The number of esters is 1. The maximum Gasteiger partial charge on any atom is 0.306 e. The van der Waals surface area contributed by atoms with Gasteiger partial charge >= 0.3 is 5.97 Å². The topological polar surface area (TPSA) is 166 Å². The lowest BCUT2D eigenvalue weighted by Gasteiger charge is -2.21. The van der Waals surface area contributed by atoms with Gasteiger partial charge in [-0.05, 0) is 82.3 Å². The summed E-state index contributed by atoms with van der Waals surface area (Å²) in [7, 11) is 1.65. The van der Waals surface area contributed by atoms with E-state index in [0.29, 0.717) is 70.9 Å². The van der Waals surface area contributed by atoms with E-state index in [1.54, 1.807) is 7.11 Å². The molecule has 12 nitrogen and oxygen atoms in total. The second-order valence-corrected chi connectivity index (χ2v) is 12.9. The molecule has 1 aromatic carbocycles. The number of imide groups is 1. The number of ether oxygens (including phenoxy) is 2. The van der Waals surface area contributed by atoms with Crippen LogP contribution < -0.4 is 0 Å². The molecule has 1 saturated carbocycles. The average Bonchev–Trinajstić information content (AvgIpc) is 3.36. The Balaban J connectivity index is 1.89. The summed E-state index contributed by atoms with van der Waals surface area (Å²) in [6.07, 6.45) is 13.9. The smallest absolute Gasteiger partial charge is 0.306 e. The quantitative estimate of drug-likeness (QED) is 0.0390. The first-order valence-corrected chi connectivity index (χ1v) is 18.2. The predicted molar refractivity (Wildman–Crippen MR) is 189 cm³/mol. The fourth-order valence-electron chi connectivity index (χ4n) is 6.23. The average molecular weight is 703 g/mol. The van der Waals surface area contributed by atoms with Crippen LogP contribution in [0.15, 0.2) is 54.6 Å². The highest BCUT2D eigenvalue weighted by Gasteiger charge is 2.39. The summed E-state index contributed by atoms with van der Waals surface area (Å²) in [5.74, 6) is -1.20. The van der Waals surface area contributed by atoms with Crippen molar-refractivity contribution in [3.05, 3.63) is 70.3 Å². The second kappa shape index (κ2) is 25.4. The molecule has 2 rings (SSSR count). The molecule has 12 heteroatoms. The molecule has 0 bridgehead atoms. The zero-order chi connectivity index (χ0) is 36.6. The molecule has 1 aliphatic carbocycles. The molecule has 2 N–H and O–H groups in total. The fourth-order valence-corrected chi connectivity index (χ4v) is 6.23. The lowest BCUT2D eigenvalue weighted by molar-refractivity contribution is -0.757. The number of carbonyl (C=O) groups is 3. The maximum absolute atomic E-state index is 12.7. The summed E-state index contributed by atoms with van der Waals surface area (Å²) < 4.78 is 10.8. The molecule has 5 atom stereocenters. The largest absolute Gasteiger partial charge is 0.458 e. The lowest BCUT2D eigenvalue weighted by atomic mass is 9.89.